The summed E-state index contributed by atoms with van der Waals surface area (Å²) in [5.41, 5.74) is 6.59. The second kappa shape index (κ2) is 8.23. The molecule has 0 spiro atoms. The molecule has 0 heterocycles. The van der Waals surface area contributed by atoms with Gasteiger partial charge in [-0.05, 0) is 42.7 Å². The van der Waals surface area contributed by atoms with Gasteiger partial charge < -0.3 is 16.0 Å². The molecule has 5 nitrogen and oxygen atoms in total. The maximum atomic E-state index is 13.4. The first kappa shape index (κ1) is 18.3. The van der Waals surface area contributed by atoms with E-state index in [-0.39, 0.29) is 23.6 Å². The molecule has 0 bridgehead atoms. The van der Waals surface area contributed by atoms with Crippen LogP contribution in [-0.4, -0.2) is 28.6 Å². The Kier molecular flexibility index (Phi) is 5.78. The minimum Gasteiger partial charge on any atom is -0.369 e. The molecular formula is C19H20FN3O2S. The van der Waals surface area contributed by atoms with Gasteiger partial charge in [0.05, 0.1) is 11.4 Å². The second-order valence-electron chi connectivity index (χ2n) is 6.17. The van der Waals surface area contributed by atoms with Crippen molar-refractivity contribution in [3.8, 4) is 0 Å². The summed E-state index contributed by atoms with van der Waals surface area (Å²) in [6.45, 7) is 0.352. The number of thioether (sulfide) groups is 1. The van der Waals surface area contributed by atoms with Crippen molar-refractivity contribution in [2.24, 2.45) is 5.73 Å². The molecule has 1 aliphatic rings. The Labute approximate surface area is 155 Å². The molecule has 2 aromatic carbocycles. The first-order valence-corrected chi connectivity index (χ1v) is 9.33. The lowest BCUT2D eigenvalue weighted by atomic mass is 10.2. The smallest absolute Gasteiger partial charge is 0.322 e. The van der Waals surface area contributed by atoms with E-state index in [1.807, 2.05) is 24.3 Å². The SMILES string of the molecule is NC(=O)CSc1ccccc1NC(=O)N(Cc1cccc(F)c1)C1CC1. The van der Waals surface area contributed by atoms with Crippen molar-refractivity contribution in [3.05, 3.63) is 59.9 Å². The van der Waals surface area contributed by atoms with Gasteiger partial charge in [-0.25, -0.2) is 9.18 Å². The third kappa shape index (κ3) is 4.98. The largest absolute Gasteiger partial charge is 0.369 e. The van der Waals surface area contributed by atoms with Crippen LogP contribution in [0.2, 0.25) is 0 Å². The fourth-order valence-electron chi connectivity index (χ4n) is 2.62. The lowest BCUT2D eigenvalue weighted by Crippen LogP contribution is -2.36. The number of nitrogens with zero attached hydrogens (tertiary/aromatic N) is 1. The van der Waals surface area contributed by atoms with Gasteiger partial charge in [0.2, 0.25) is 5.91 Å². The molecule has 2 aromatic rings. The van der Waals surface area contributed by atoms with E-state index in [0.29, 0.717) is 12.2 Å². The number of urea groups is 1. The number of nitrogens with one attached hydrogen (secondary N) is 1. The lowest BCUT2D eigenvalue weighted by molar-refractivity contribution is -0.115. The zero-order valence-corrected chi connectivity index (χ0v) is 15.0. The highest BCUT2D eigenvalue weighted by atomic mass is 32.2. The summed E-state index contributed by atoms with van der Waals surface area (Å²) in [4.78, 5) is 26.3. The van der Waals surface area contributed by atoms with Gasteiger partial charge in [-0.2, -0.15) is 0 Å². The normalized spacial score (nSPS) is 13.3. The van der Waals surface area contributed by atoms with E-state index in [2.05, 4.69) is 5.32 Å². The van der Waals surface area contributed by atoms with Gasteiger partial charge in [0.1, 0.15) is 5.82 Å². The third-order valence-electron chi connectivity index (χ3n) is 3.99. The van der Waals surface area contributed by atoms with Crippen molar-refractivity contribution < 1.29 is 14.0 Å². The number of benzene rings is 2. The Morgan fingerprint density at radius 2 is 1.96 bits per heavy atom. The fraction of sp³-hybridized carbons (Fsp3) is 0.263. The second-order valence-corrected chi connectivity index (χ2v) is 7.19. The summed E-state index contributed by atoms with van der Waals surface area (Å²) in [5.74, 6) is -0.587. The summed E-state index contributed by atoms with van der Waals surface area (Å²) in [5, 5.41) is 2.91. The van der Waals surface area contributed by atoms with Gasteiger partial charge in [-0.1, -0.05) is 24.3 Å². The molecule has 1 aliphatic carbocycles. The highest BCUT2D eigenvalue weighted by Gasteiger charge is 2.33. The molecule has 3 N–H and O–H groups in total. The van der Waals surface area contributed by atoms with E-state index in [1.165, 1.54) is 23.9 Å². The molecule has 3 amide bonds. The maximum absolute atomic E-state index is 13.4. The number of carbonyl (C=O) groups excluding carboxylic acids is 2. The highest BCUT2D eigenvalue weighted by molar-refractivity contribution is 8.00. The standard InChI is InChI=1S/C19H20FN3O2S/c20-14-5-3-4-13(10-14)11-23(15-8-9-15)19(25)22-16-6-1-2-7-17(16)26-12-18(21)24/h1-7,10,15H,8-9,11-12H2,(H2,21,24)(H,22,25). The number of primary amides is 1. The number of anilines is 1. The van der Waals surface area contributed by atoms with Crippen LogP contribution in [-0.2, 0) is 11.3 Å². The van der Waals surface area contributed by atoms with Gasteiger partial charge in [0.15, 0.2) is 0 Å². The molecule has 136 valence electrons. The van der Waals surface area contributed by atoms with E-state index >= 15 is 0 Å². The zero-order valence-electron chi connectivity index (χ0n) is 14.2. The highest BCUT2D eigenvalue weighted by Crippen LogP contribution is 2.31. The number of halogens is 1. The molecule has 0 saturated heterocycles. The average molecular weight is 373 g/mol. The van der Waals surface area contributed by atoms with Crippen LogP contribution in [0.5, 0.6) is 0 Å². The first-order chi connectivity index (χ1) is 12.5. The quantitative estimate of drug-likeness (QED) is 0.728. The monoisotopic (exact) mass is 373 g/mol. The molecule has 7 heteroatoms. The maximum Gasteiger partial charge on any atom is 0.322 e. The van der Waals surface area contributed by atoms with E-state index in [1.54, 1.807) is 17.0 Å². The topological polar surface area (TPSA) is 75.4 Å². The van der Waals surface area contributed by atoms with E-state index in [4.69, 9.17) is 5.73 Å². The molecule has 0 unspecified atom stereocenters. The number of hydrogen-bond donors (Lipinski definition) is 2. The minimum absolute atomic E-state index is 0.141. The van der Waals surface area contributed by atoms with Crippen LogP contribution in [0.15, 0.2) is 53.4 Å². The van der Waals surface area contributed by atoms with Crippen LogP contribution in [0.4, 0.5) is 14.9 Å². The Balaban J connectivity index is 1.72. The number of hydrogen-bond acceptors (Lipinski definition) is 3. The number of nitrogens with two attached hydrogens (primary N) is 1. The van der Waals surface area contributed by atoms with Crippen LogP contribution >= 0.6 is 11.8 Å². The molecular weight excluding hydrogens is 353 g/mol. The van der Waals surface area contributed by atoms with E-state index < -0.39 is 5.91 Å². The average Bonchev–Trinajstić information content (AvgIpc) is 3.43. The van der Waals surface area contributed by atoms with Gasteiger partial charge >= 0.3 is 6.03 Å². The van der Waals surface area contributed by atoms with Crippen molar-refractivity contribution in [2.45, 2.75) is 30.3 Å². The Morgan fingerprint density at radius 3 is 2.65 bits per heavy atom. The Hall–Kier alpha value is -2.54. The summed E-state index contributed by atoms with van der Waals surface area (Å²) >= 11 is 1.28. The molecule has 26 heavy (non-hydrogen) atoms. The molecule has 0 atom stereocenters. The number of para-hydroxylation sites is 1. The van der Waals surface area contributed by atoms with Gasteiger partial charge in [-0.3, -0.25) is 4.79 Å². The van der Waals surface area contributed by atoms with E-state index in [0.717, 1.165) is 23.3 Å². The zero-order chi connectivity index (χ0) is 18.5. The molecule has 3 rings (SSSR count). The fourth-order valence-corrected chi connectivity index (χ4v) is 3.36. The van der Waals surface area contributed by atoms with Crippen LogP contribution < -0.4 is 11.1 Å². The van der Waals surface area contributed by atoms with Gasteiger partial charge in [-0.15, -0.1) is 11.8 Å². The predicted octanol–water partition coefficient (Wildman–Crippen LogP) is 3.60. The van der Waals surface area contributed by atoms with Crippen LogP contribution in [0, 0.1) is 5.82 Å². The Bertz CT molecular complexity index is 811. The predicted molar refractivity (Wildman–Crippen MR) is 100 cm³/mol. The van der Waals surface area contributed by atoms with Crippen LogP contribution in [0.1, 0.15) is 18.4 Å². The van der Waals surface area contributed by atoms with Crippen molar-refractivity contribution >= 4 is 29.4 Å². The number of amides is 3. The molecule has 0 aromatic heterocycles. The van der Waals surface area contributed by atoms with Crippen LogP contribution in [0.25, 0.3) is 0 Å². The van der Waals surface area contributed by atoms with Gasteiger partial charge in [0, 0.05) is 17.5 Å². The molecule has 0 aliphatic heterocycles. The number of carbonyl (C=O) groups is 2. The van der Waals surface area contributed by atoms with Crippen molar-refractivity contribution in [1.82, 2.24) is 4.90 Å². The molecule has 1 saturated carbocycles. The summed E-state index contributed by atoms with van der Waals surface area (Å²) < 4.78 is 13.4. The number of rotatable bonds is 7. The van der Waals surface area contributed by atoms with Crippen LogP contribution in [0.3, 0.4) is 0 Å². The summed E-state index contributed by atoms with van der Waals surface area (Å²) in [7, 11) is 0. The first-order valence-electron chi connectivity index (χ1n) is 8.35. The van der Waals surface area contributed by atoms with Crippen molar-refractivity contribution in [2.75, 3.05) is 11.1 Å². The summed E-state index contributed by atoms with van der Waals surface area (Å²) in [6.07, 6.45) is 1.89. The van der Waals surface area contributed by atoms with Gasteiger partial charge in [0.25, 0.3) is 0 Å². The third-order valence-corrected chi connectivity index (χ3v) is 5.08. The van der Waals surface area contributed by atoms with Crippen molar-refractivity contribution in [1.29, 1.82) is 0 Å². The van der Waals surface area contributed by atoms with E-state index in [9.17, 15) is 14.0 Å². The Morgan fingerprint density at radius 1 is 1.19 bits per heavy atom. The lowest BCUT2D eigenvalue weighted by Gasteiger charge is -2.23. The van der Waals surface area contributed by atoms with Crippen molar-refractivity contribution in [3.63, 3.8) is 0 Å². The summed E-state index contributed by atoms with van der Waals surface area (Å²) in [6, 6.07) is 13.5. The molecule has 1 fully saturated rings. The minimum atomic E-state index is -0.415. The molecule has 0 radical (unpaired) electrons.